The molecule has 4 fully saturated rings. The van der Waals surface area contributed by atoms with E-state index in [-0.39, 0.29) is 49.4 Å². The molecular formula is C37H51N5O6. The number of carbonyl (C=O) groups excluding carboxylic acids is 2. The first-order chi connectivity index (χ1) is 22.8. The Morgan fingerprint density at radius 3 is 2.58 bits per heavy atom. The van der Waals surface area contributed by atoms with Gasteiger partial charge in [-0.2, -0.15) is 10.3 Å². The highest BCUT2D eigenvalue weighted by Crippen LogP contribution is 2.61. The number of aliphatic hydroxyl groups excluding tert-OH is 2. The van der Waals surface area contributed by atoms with E-state index in [1.807, 2.05) is 49.3 Å². The highest BCUT2D eigenvalue weighted by atomic mass is 16.7. The standard InChI is InChI=1S/C37H51N5O6/c1-21-29-17-26(37(29,3)4)18-30(21)40-36(46)33-32(22(2)44)31(20-43)48-42(33)19-23-10-8-11-28(34(23)47-7)24-14-25(16-27(15-24)41(5)6)35(45)39-13-9-12-38/h8,10-11,14-16,21-22,26,29-33,43-44H,9,13,17-20H2,1-7H3,(H,39,45)(H,40,46)/t21-,22-,26?,29-,30-,31-,32+,33-/m0/s1. The van der Waals surface area contributed by atoms with Gasteiger partial charge in [-0.15, -0.1) is 0 Å². The number of aliphatic hydroxyl groups is 2. The lowest BCUT2D eigenvalue weighted by Crippen LogP contribution is -2.62. The highest BCUT2D eigenvalue weighted by molar-refractivity contribution is 5.97. The maximum Gasteiger partial charge on any atom is 0.251 e. The van der Waals surface area contributed by atoms with Crippen LogP contribution in [0.5, 0.6) is 5.75 Å². The molecule has 11 nitrogen and oxygen atoms in total. The number of hydrogen-bond donors (Lipinski definition) is 4. The summed E-state index contributed by atoms with van der Waals surface area (Å²) in [5.74, 6) is 0.864. The zero-order valence-corrected chi connectivity index (χ0v) is 29.2. The van der Waals surface area contributed by atoms with Gasteiger partial charge < -0.3 is 30.5 Å². The molecule has 2 bridgehead atoms. The van der Waals surface area contributed by atoms with Crippen LogP contribution in [0, 0.1) is 40.4 Å². The molecule has 11 heteroatoms. The molecule has 0 aromatic heterocycles. The zero-order chi connectivity index (χ0) is 34.9. The summed E-state index contributed by atoms with van der Waals surface area (Å²) < 4.78 is 5.98. The molecule has 0 spiro atoms. The second-order valence-electron chi connectivity index (χ2n) is 14.6. The van der Waals surface area contributed by atoms with Crippen molar-refractivity contribution in [1.82, 2.24) is 15.7 Å². The maximum atomic E-state index is 14.1. The van der Waals surface area contributed by atoms with Crippen molar-refractivity contribution in [1.29, 1.82) is 5.26 Å². The van der Waals surface area contributed by atoms with Crippen LogP contribution in [0.3, 0.4) is 0 Å². The number of hydrogen-bond acceptors (Lipinski definition) is 9. The summed E-state index contributed by atoms with van der Waals surface area (Å²) in [4.78, 5) is 35.3. The van der Waals surface area contributed by atoms with E-state index in [1.165, 1.54) is 6.42 Å². The average molecular weight is 662 g/mol. The number of methoxy groups -OCH3 is 1. The Kier molecular flexibility index (Phi) is 10.7. The summed E-state index contributed by atoms with van der Waals surface area (Å²) in [5, 5.41) is 37.7. The number of ether oxygens (including phenoxy) is 1. The molecule has 8 atom stereocenters. The first kappa shape index (κ1) is 35.6. The third-order valence-electron chi connectivity index (χ3n) is 11.2. The van der Waals surface area contributed by atoms with Gasteiger partial charge in [0.2, 0.25) is 5.91 Å². The van der Waals surface area contributed by atoms with Crippen molar-refractivity contribution in [3.63, 3.8) is 0 Å². The van der Waals surface area contributed by atoms with Gasteiger partial charge in [-0.1, -0.05) is 39.0 Å². The first-order valence-electron chi connectivity index (χ1n) is 17.0. The topological polar surface area (TPSA) is 147 Å². The van der Waals surface area contributed by atoms with Gasteiger partial charge >= 0.3 is 0 Å². The van der Waals surface area contributed by atoms with Crippen LogP contribution in [0.2, 0.25) is 0 Å². The first-order valence-corrected chi connectivity index (χ1v) is 17.0. The molecule has 260 valence electrons. The lowest BCUT2D eigenvalue weighted by atomic mass is 9.45. The van der Waals surface area contributed by atoms with Crippen LogP contribution in [0.25, 0.3) is 11.1 Å². The van der Waals surface area contributed by atoms with E-state index in [2.05, 4.69) is 31.4 Å². The van der Waals surface area contributed by atoms with Crippen molar-refractivity contribution in [2.24, 2.45) is 29.1 Å². The molecule has 1 heterocycles. The molecule has 4 aliphatic rings. The Morgan fingerprint density at radius 1 is 1.23 bits per heavy atom. The molecule has 4 N–H and O–H groups in total. The second kappa shape index (κ2) is 14.4. The van der Waals surface area contributed by atoms with Crippen molar-refractivity contribution in [3.05, 3.63) is 47.5 Å². The lowest BCUT2D eigenvalue weighted by Gasteiger charge is -2.62. The minimum Gasteiger partial charge on any atom is -0.496 e. The number of fused-ring (bicyclic) bond motifs is 2. The van der Waals surface area contributed by atoms with Crippen LogP contribution in [0.4, 0.5) is 5.69 Å². The summed E-state index contributed by atoms with van der Waals surface area (Å²) in [6.45, 7) is 8.57. The third kappa shape index (κ3) is 6.77. The number of hydroxylamine groups is 2. The number of carbonyl (C=O) groups is 2. The number of para-hydroxylation sites is 1. The van der Waals surface area contributed by atoms with E-state index in [4.69, 9.17) is 14.8 Å². The fourth-order valence-electron chi connectivity index (χ4n) is 8.32. The van der Waals surface area contributed by atoms with Gasteiger partial charge in [0.05, 0.1) is 38.9 Å². The van der Waals surface area contributed by atoms with Gasteiger partial charge in [-0.25, -0.2) is 0 Å². The van der Waals surface area contributed by atoms with Crippen LogP contribution in [-0.2, 0) is 16.2 Å². The Bertz CT molecular complexity index is 1540. The smallest absolute Gasteiger partial charge is 0.251 e. The zero-order valence-electron chi connectivity index (χ0n) is 29.2. The predicted octanol–water partition coefficient (Wildman–Crippen LogP) is 3.73. The molecule has 2 aromatic rings. The van der Waals surface area contributed by atoms with E-state index in [0.29, 0.717) is 29.1 Å². The molecule has 2 aromatic carbocycles. The summed E-state index contributed by atoms with van der Waals surface area (Å²) in [6.07, 6.45) is 0.671. The van der Waals surface area contributed by atoms with Gasteiger partial charge in [0.15, 0.2) is 0 Å². The van der Waals surface area contributed by atoms with Crippen molar-refractivity contribution in [3.8, 4) is 22.9 Å². The van der Waals surface area contributed by atoms with Gasteiger partial charge in [-0.3, -0.25) is 14.4 Å². The van der Waals surface area contributed by atoms with E-state index in [0.717, 1.165) is 28.8 Å². The van der Waals surface area contributed by atoms with Gasteiger partial charge in [0.25, 0.3) is 5.91 Å². The summed E-state index contributed by atoms with van der Waals surface area (Å²) >= 11 is 0. The van der Waals surface area contributed by atoms with E-state index in [1.54, 1.807) is 31.2 Å². The minimum atomic E-state index is -0.904. The predicted molar refractivity (Wildman–Crippen MR) is 183 cm³/mol. The molecule has 6 rings (SSSR count). The number of anilines is 1. The monoisotopic (exact) mass is 661 g/mol. The fraction of sp³-hybridized carbons (Fsp3) is 0.595. The Balaban J connectivity index is 1.45. The molecule has 3 saturated carbocycles. The van der Waals surface area contributed by atoms with Crippen LogP contribution < -0.4 is 20.3 Å². The number of nitriles is 1. The molecule has 1 unspecified atom stereocenters. The van der Waals surface area contributed by atoms with Gasteiger partial charge in [0.1, 0.15) is 17.9 Å². The normalized spacial score (nSPS) is 28.1. The van der Waals surface area contributed by atoms with E-state index < -0.39 is 24.2 Å². The molecule has 48 heavy (non-hydrogen) atoms. The van der Waals surface area contributed by atoms with Gasteiger partial charge in [0, 0.05) is 55.0 Å². The molecule has 1 saturated heterocycles. The summed E-state index contributed by atoms with van der Waals surface area (Å²) in [7, 11) is 5.37. The van der Waals surface area contributed by atoms with Crippen molar-refractivity contribution in [2.45, 2.75) is 77.8 Å². The van der Waals surface area contributed by atoms with Crippen molar-refractivity contribution >= 4 is 17.5 Å². The van der Waals surface area contributed by atoms with Crippen molar-refractivity contribution < 1.29 is 29.4 Å². The second-order valence-corrected chi connectivity index (χ2v) is 14.6. The molecular weight excluding hydrogens is 610 g/mol. The molecule has 2 amide bonds. The quantitative estimate of drug-likeness (QED) is 0.250. The molecule has 0 radical (unpaired) electrons. The SMILES string of the molecule is COc1c(CN2O[C@@H](CO)[C@@H]([C@H](C)O)[C@H]2C(=O)N[C@H]2CC3C[C@@H]([C@@H]2C)C3(C)C)cccc1-c1cc(C(=O)NCCC#N)cc(N(C)C)c1. The number of amides is 2. The Labute approximate surface area is 284 Å². The fourth-order valence-corrected chi connectivity index (χ4v) is 8.32. The minimum absolute atomic E-state index is 0.0343. The Hall–Kier alpha value is -3.69. The number of nitrogens with zero attached hydrogens (tertiary/aromatic N) is 3. The van der Waals surface area contributed by atoms with Crippen LogP contribution in [0.15, 0.2) is 36.4 Å². The van der Waals surface area contributed by atoms with E-state index in [9.17, 15) is 19.8 Å². The van der Waals surface area contributed by atoms with Crippen LogP contribution >= 0.6 is 0 Å². The Morgan fingerprint density at radius 2 is 1.98 bits per heavy atom. The largest absolute Gasteiger partial charge is 0.496 e. The van der Waals surface area contributed by atoms with E-state index >= 15 is 0 Å². The third-order valence-corrected chi connectivity index (χ3v) is 11.2. The van der Waals surface area contributed by atoms with Gasteiger partial charge in [-0.05, 0) is 66.7 Å². The van der Waals surface area contributed by atoms with Crippen LogP contribution in [-0.4, -0.2) is 85.7 Å². The average Bonchev–Trinajstić information content (AvgIpc) is 3.43. The van der Waals surface area contributed by atoms with Crippen molar-refractivity contribution in [2.75, 3.05) is 39.3 Å². The number of nitrogens with one attached hydrogen (secondary N) is 2. The van der Waals surface area contributed by atoms with Crippen LogP contribution in [0.1, 0.15) is 62.9 Å². The maximum absolute atomic E-state index is 14.1. The summed E-state index contributed by atoms with van der Waals surface area (Å²) in [6, 6.07) is 12.5. The number of rotatable bonds is 12. The number of benzene rings is 2. The molecule has 1 aliphatic heterocycles. The highest BCUT2D eigenvalue weighted by Gasteiger charge is 2.57. The summed E-state index contributed by atoms with van der Waals surface area (Å²) in [5.41, 5.74) is 3.78. The molecule has 3 aliphatic carbocycles. The lowest BCUT2D eigenvalue weighted by molar-refractivity contribution is -0.183.